The number of aromatic nitrogens is 1. The molecule has 0 amide bonds. The molecule has 0 spiro atoms. The number of halogens is 1. The second-order valence-electron chi connectivity index (χ2n) is 4.40. The average Bonchev–Trinajstić information content (AvgIpc) is 2.47. The second-order valence-corrected chi connectivity index (χ2v) is 6.63. The van der Waals surface area contributed by atoms with Crippen molar-refractivity contribution in [3.8, 4) is 5.88 Å². The summed E-state index contributed by atoms with van der Waals surface area (Å²) < 4.78 is 34.4. The van der Waals surface area contributed by atoms with Crippen molar-refractivity contribution in [3.05, 3.63) is 41.1 Å². The van der Waals surface area contributed by atoms with E-state index in [1.165, 1.54) is 7.11 Å². The monoisotopic (exact) mass is 329 g/mol. The molecule has 1 heterocycles. The average molecular weight is 330 g/mol. The Kier molecular flexibility index (Phi) is 5.03. The summed E-state index contributed by atoms with van der Waals surface area (Å²) in [5, 5.41) is -0.279. The zero-order valence-electron chi connectivity index (χ0n) is 11.7. The van der Waals surface area contributed by atoms with Gasteiger partial charge in [-0.2, -0.15) is 8.42 Å². The first-order valence-corrected chi connectivity index (χ1v) is 8.28. The molecule has 1 unspecified atom stereocenters. The Balaban J connectivity index is 2.41. The first kappa shape index (κ1) is 16.0. The largest absolute Gasteiger partial charge is 0.481 e. The van der Waals surface area contributed by atoms with Crippen LogP contribution < -0.4 is 4.74 Å². The highest BCUT2D eigenvalue weighted by Gasteiger charge is 2.32. The molecular formula is C14H16ClNO4S. The van der Waals surface area contributed by atoms with Crippen LogP contribution >= 0.6 is 11.6 Å². The van der Waals surface area contributed by atoms with Crippen LogP contribution in [0.2, 0.25) is 0 Å². The Hall–Kier alpha value is -1.37. The van der Waals surface area contributed by atoms with Crippen LogP contribution in [-0.4, -0.2) is 32.4 Å². The molecule has 5 nitrogen and oxygen atoms in total. The molecule has 7 heteroatoms. The van der Waals surface area contributed by atoms with Gasteiger partial charge in [-0.05, 0) is 36.6 Å². The minimum absolute atomic E-state index is 0.102. The van der Waals surface area contributed by atoms with Crippen molar-refractivity contribution in [2.75, 3.05) is 13.7 Å². The molecule has 1 aliphatic carbocycles. The first-order chi connectivity index (χ1) is 9.97. The second kappa shape index (κ2) is 6.60. The van der Waals surface area contributed by atoms with Crippen LogP contribution in [-0.2, 0) is 14.3 Å². The third kappa shape index (κ3) is 3.64. The fourth-order valence-electron chi connectivity index (χ4n) is 2.11. The van der Waals surface area contributed by atoms with Crippen LogP contribution in [0.25, 0.3) is 5.57 Å². The van der Waals surface area contributed by atoms with Crippen LogP contribution in [0.5, 0.6) is 5.88 Å². The Morgan fingerprint density at radius 1 is 1.43 bits per heavy atom. The predicted octanol–water partition coefficient (Wildman–Crippen LogP) is 2.73. The third-order valence-corrected chi connectivity index (χ3v) is 5.05. The van der Waals surface area contributed by atoms with Gasteiger partial charge in [-0.25, -0.2) is 4.98 Å². The molecule has 1 atom stereocenters. The standard InChI is InChI=1S/C14H16ClNO4S/c1-3-20-21(17,18)13-6-5-11(15)8-12(13)10-4-7-14(19-2)16-9-10/h4-5,7-9,13H,3,6H2,1-2H3. The topological polar surface area (TPSA) is 65.5 Å². The predicted molar refractivity (Wildman–Crippen MR) is 81.7 cm³/mol. The van der Waals surface area contributed by atoms with Gasteiger partial charge in [0.05, 0.1) is 13.7 Å². The fourth-order valence-corrected chi connectivity index (χ4v) is 3.65. The van der Waals surface area contributed by atoms with Crippen LogP contribution in [0.4, 0.5) is 0 Å². The first-order valence-electron chi connectivity index (χ1n) is 6.44. The Labute approximate surface area is 129 Å². The lowest BCUT2D eigenvalue weighted by Crippen LogP contribution is -2.26. The van der Waals surface area contributed by atoms with Gasteiger partial charge in [-0.15, -0.1) is 0 Å². The van der Waals surface area contributed by atoms with E-state index in [-0.39, 0.29) is 13.0 Å². The number of ether oxygens (including phenoxy) is 1. The molecule has 1 aliphatic rings. The van der Waals surface area contributed by atoms with Crippen LogP contribution in [0.1, 0.15) is 18.9 Å². The van der Waals surface area contributed by atoms with Crippen molar-refractivity contribution in [1.82, 2.24) is 4.98 Å². The third-order valence-electron chi connectivity index (χ3n) is 3.08. The molecule has 0 fully saturated rings. The zero-order chi connectivity index (χ0) is 15.5. The van der Waals surface area contributed by atoms with Gasteiger partial charge < -0.3 is 4.74 Å². The summed E-state index contributed by atoms with van der Waals surface area (Å²) in [7, 11) is -2.18. The lowest BCUT2D eigenvalue weighted by Gasteiger charge is -2.22. The molecule has 2 rings (SSSR count). The van der Waals surface area contributed by atoms with Gasteiger partial charge in [-0.1, -0.05) is 17.7 Å². The van der Waals surface area contributed by atoms with E-state index < -0.39 is 15.4 Å². The summed E-state index contributed by atoms with van der Waals surface area (Å²) in [5.41, 5.74) is 1.25. The highest BCUT2D eigenvalue weighted by atomic mass is 35.5. The molecule has 0 aromatic carbocycles. The SMILES string of the molecule is CCOS(=O)(=O)C1CC=C(Cl)C=C1c1ccc(OC)nc1. The molecule has 0 N–H and O–H groups in total. The van der Waals surface area contributed by atoms with Crippen molar-refractivity contribution < 1.29 is 17.3 Å². The molecule has 0 radical (unpaired) electrons. The van der Waals surface area contributed by atoms with Crippen molar-refractivity contribution in [2.45, 2.75) is 18.6 Å². The molecule has 114 valence electrons. The zero-order valence-corrected chi connectivity index (χ0v) is 13.3. The van der Waals surface area contributed by atoms with E-state index in [0.717, 1.165) is 0 Å². The van der Waals surface area contributed by atoms with Gasteiger partial charge in [0.1, 0.15) is 5.25 Å². The maximum atomic E-state index is 12.2. The summed E-state index contributed by atoms with van der Waals surface area (Å²) in [6, 6.07) is 3.42. The molecule has 0 bridgehead atoms. The molecule has 1 aromatic rings. The van der Waals surface area contributed by atoms with Crippen molar-refractivity contribution in [3.63, 3.8) is 0 Å². The molecule has 1 aromatic heterocycles. The van der Waals surface area contributed by atoms with Gasteiger partial charge in [0.15, 0.2) is 0 Å². The Morgan fingerprint density at radius 2 is 2.19 bits per heavy atom. The highest BCUT2D eigenvalue weighted by molar-refractivity contribution is 7.87. The maximum Gasteiger partial charge on any atom is 0.274 e. The van der Waals surface area contributed by atoms with Crippen LogP contribution in [0.3, 0.4) is 0 Å². The minimum atomic E-state index is -3.70. The van der Waals surface area contributed by atoms with E-state index in [1.807, 2.05) is 0 Å². The summed E-state index contributed by atoms with van der Waals surface area (Å²) >= 11 is 6.02. The summed E-state index contributed by atoms with van der Waals surface area (Å²) in [6.07, 6.45) is 5.15. The number of hydrogen-bond acceptors (Lipinski definition) is 5. The normalized spacial score (nSPS) is 18.9. The summed E-state index contributed by atoms with van der Waals surface area (Å²) in [6.45, 7) is 1.74. The lowest BCUT2D eigenvalue weighted by molar-refractivity contribution is 0.334. The van der Waals surface area contributed by atoms with E-state index in [9.17, 15) is 8.42 Å². The lowest BCUT2D eigenvalue weighted by atomic mass is 9.98. The molecule has 0 saturated heterocycles. The van der Waals surface area contributed by atoms with Gasteiger partial charge in [-0.3, -0.25) is 4.18 Å². The smallest absolute Gasteiger partial charge is 0.274 e. The molecule has 0 aliphatic heterocycles. The van der Waals surface area contributed by atoms with Gasteiger partial charge in [0, 0.05) is 17.3 Å². The van der Waals surface area contributed by atoms with Gasteiger partial charge in [0.2, 0.25) is 5.88 Å². The molecular weight excluding hydrogens is 314 g/mol. The van der Waals surface area contributed by atoms with Crippen molar-refractivity contribution in [1.29, 1.82) is 0 Å². The van der Waals surface area contributed by atoms with Gasteiger partial charge >= 0.3 is 0 Å². The highest BCUT2D eigenvalue weighted by Crippen LogP contribution is 2.33. The summed E-state index contributed by atoms with van der Waals surface area (Å²) in [5.74, 6) is 0.459. The Bertz CT molecular complexity index is 665. The molecule has 0 saturated carbocycles. The molecule has 21 heavy (non-hydrogen) atoms. The van der Waals surface area contributed by atoms with Crippen molar-refractivity contribution in [2.24, 2.45) is 0 Å². The van der Waals surface area contributed by atoms with Crippen LogP contribution in [0, 0.1) is 0 Å². The van der Waals surface area contributed by atoms with E-state index >= 15 is 0 Å². The quantitative estimate of drug-likeness (QED) is 0.777. The van der Waals surface area contributed by atoms with Crippen molar-refractivity contribution >= 4 is 27.3 Å². The number of pyridine rings is 1. The van der Waals surface area contributed by atoms with Crippen LogP contribution in [0.15, 0.2) is 35.5 Å². The number of methoxy groups -OCH3 is 1. The maximum absolute atomic E-state index is 12.2. The summed E-state index contributed by atoms with van der Waals surface area (Å²) in [4.78, 5) is 4.10. The number of rotatable bonds is 5. The number of allylic oxidation sites excluding steroid dienone is 3. The van der Waals surface area contributed by atoms with E-state index in [0.29, 0.717) is 22.0 Å². The van der Waals surface area contributed by atoms with E-state index in [1.54, 1.807) is 37.4 Å². The fraction of sp³-hybridized carbons (Fsp3) is 0.357. The minimum Gasteiger partial charge on any atom is -0.481 e. The van der Waals surface area contributed by atoms with E-state index in [2.05, 4.69) is 4.98 Å². The van der Waals surface area contributed by atoms with Gasteiger partial charge in [0.25, 0.3) is 10.1 Å². The Morgan fingerprint density at radius 3 is 2.76 bits per heavy atom. The number of nitrogens with zero attached hydrogens (tertiary/aromatic N) is 1. The van der Waals surface area contributed by atoms with E-state index in [4.69, 9.17) is 20.5 Å². The number of hydrogen-bond donors (Lipinski definition) is 0.